The zero-order valence-corrected chi connectivity index (χ0v) is 15.0. The molecule has 0 radical (unpaired) electrons. The van der Waals surface area contributed by atoms with Crippen LogP contribution in [-0.2, 0) is 6.42 Å². The van der Waals surface area contributed by atoms with E-state index in [4.69, 9.17) is 4.99 Å². The zero-order chi connectivity index (χ0) is 13.5. The molecule has 0 fully saturated rings. The van der Waals surface area contributed by atoms with E-state index in [0.29, 0.717) is 6.04 Å². The van der Waals surface area contributed by atoms with Crippen LogP contribution in [0.4, 0.5) is 5.69 Å². The monoisotopic (exact) mass is 408 g/mol. The summed E-state index contributed by atoms with van der Waals surface area (Å²) in [4.78, 5) is 7.17. The first kappa shape index (κ1) is 14.9. The maximum atomic E-state index is 4.74. The topological polar surface area (TPSA) is 15.6 Å². The van der Waals surface area contributed by atoms with Gasteiger partial charge < -0.3 is 4.90 Å². The van der Waals surface area contributed by atoms with E-state index in [-0.39, 0.29) is 24.0 Å². The number of anilines is 1. The molecule has 2 aliphatic heterocycles. The van der Waals surface area contributed by atoms with Crippen molar-refractivity contribution in [1.82, 2.24) is 0 Å². The molecule has 21 heavy (non-hydrogen) atoms. The molecule has 0 bridgehead atoms. The predicted molar refractivity (Wildman–Crippen MR) is 102 cm³/mol. The highest BCUT2D eigenvalue weighted by Gasteiger charge is 2.34. The summed E-state index contributed by atoms with van der Waals surface area (Å²) in [5, 5.41) is 1.14. The van der Waals surface area contributed by atoms with Gasteiger partial charge in [0.05, 0.1) is 12.6 Å². The standard InChI is InChI=1S/C17H16N2S.HI/c1-20-17-18-11-16-14-8-4-2-6-12(14)10-13-7-3-5-9-15(13)19(16)17;/h2-9,16H,10-11H2,1H3;1H. The van der Waals surface area contributed by atoms with Crippen molar-refractivity contribution >= 4 is 46.6 Å². The van der Waals surface area contributed by atoms with Crippen LogP contribution >= 0.6 is 35.7 Å². The molecule has 0 amide bonds. The summed E-state index contributed by atoms with van der Waals surface area (Å²) in [5.41, 5.74) is 5.58. The molecule has 2 aliphatic rings. The van der Waals surface area contributed by atoms with Gasteiger partial charge in [-0.05, 0) is 35.4 Å². The van der Waals surface area contributed by atoms with E-state index in [1.165, 1.54) is 22.4 Å². The number of aliphatic imine (C=N–C) groups is 1. The fourth-order valence-electron chi connectivity index (χ4n) is 3.25. The molecule has 0 aliphatic carbocycles. The molecule has 2 aromatic carbocycles. The number of rotatable bonds is 0. The minimum absolute atomic E-state index is 0. The van der Waals surface area contributed by atoms with Crippen LogP contribution in [0.5, 0.6) is 0 Å². The van der Waals surface area contributed by atoms with E-state index in [1.54, 1.807) is 11.8 Å². The largest absolute Gasteiger partial charge is 0.312 e. The van der Waals surface area contributed by atoms with Crippen LogP contribution in [0.2, 0.25) is 0 Å². The normalized spacial score (nSPS) is 18.8. The second kappa shape index (κ2) is 6.01. The minimum atomic E-state index is 0. The third kappa shape index (κ3) is 2.38. The Labute approximate surface area is 146 Å². The van der Waals surface area contributed by atoms with Crippen LogP contribution in [0.25, 0.3) is 0 Å². The summed E-state index contributed by atoms with van der Waals surface area (Å²) in [6.45, 7) is 0.863. The molecule has 1 unspecified atom stereocenters. The maximum Gasteiger partial charge on any atom is 0.164 e. The molecule has 0 aromatic heterocycles. The van der Waals surface area contributed by atoms with Crippen molar-refractivity contribution in [3.63, 3.8) is 0 Å². The third-order valence-corrected chi connectivity index (χ3v) is 4.84. The van der Waals surface area contributed by atoms with Crippen LogP contribution in [0, 0.1) is 0 Å². The number of fused-ring (bicyclic) bond motifs is 5. The molecule has 2 nitrogen and oxygen atoms in total. The van der Waals surface area contributed by atoms with Gasteiger partial charge in [0, 0.05) is 5.69 Å². The average molecular weight is 408 g/mol. The van der Waals surface area contributed by atoms with Crippen LogP contribution in [0.1, 0.15) is 22.7 Å². The number of thioether (sulfide) groups is 1. The Kier molecular flexibility index (Phi) is 4.26. The van der Waals surface area contributed by atoms with E-state index in [9.17, 15) is 0 Å². The van der Waals surface area contributed by atoms with Gasteiger partial charge >= 0.3 is 0 Å². The molecule has 2 heterocycles. The fraction of sp³-hybridized carbons (Fsp3) is 0.235. The second-order valence-corrected chi connectivity index (χ2v) is 5.99. The lowest BCUT2D eigenvalue weighted by atomic mass is 9.97. The van der Waals surface area contributed by atoms with Gasteiger partial charge in [-0.2, -0.15) is 0 Å². The number of amidine groups is 1. The summed E-state index contributed by atoms with van der Waals surface area (Å²) in [6.07, 6.45) is 3.13. The van der Waals surface area contributed by atoms with Gasteiger partial charge in [-0.25, -0.2) is 0 Å². The molecule has 4 rings (SSSR count). The molecule has 2 aromatic rings. The van der Waals surface area contributed by atoms with Crippen molar-refractivity contribution in [2.75, 3.05) is 17.7 Å². The SMILES string of the molecule is CSC1=NCC2c3ccccc3Cc3ccccc3N12.I. The van der Waals surface area contributed by atoms with Gasteiger partial charge in [0.1, 0.15) is 0 Å². The quantitative estimate of drug-likeness (QED) is 0.597. The first-order valence-electron chi connectivity index (χ1n) is 6.92. The highest BCUT2D eigenvalue weighted by molar-refractivity contribution is 14.0. The molecule has 0 N–H and O–H groups in total. The summed E-state index contributed by atoms with van der Waals surface area (Å²) in [5.74, 6) is 0. The maximum absolute atomic E-state index is 4.74. The Morgan fingerprint density at radius 2 is 1.76 bits per heavy atom. The van der Waals surface area contributed by atoms with Crippen LogP contribution in [0.3, 0.4) is 0 Å². The first-order valence-corrected chi connectivity index (χ1v) is 8.14. The number of halogens is 1. The van der Waals surface area contributed by atoms with Crippen molar-refractivity contribution in [1.29, 1.82) is 0 Å². The molecule has 0 saturated carbocycles. The first-order chi connectivity index (χ1) is 9.88. The number of benzene rings is 2. The smallest absolute Gasteiger partial charge is 0.164 e. The summed E-state index contributed by atoms with van der Waals surface area (Å²) >= 11 is 1.74. The van der Waals surface area contributed by atoms with Crippen molar-refractivity contribution in [3.8, 4) is 0 Å². The lowest BCUT2D eigenvalue weighted by Crippen LogP contribution is -2.28. The van der Waals surface area contributed by atoms with E-state index in [0.717, 1.165) is 18.1 Å². The van der Waals surface area contributed by atoms with Gasteiger partial charge in [-0.3, -0.25) is 4.99 Å². The fourth-order valence-corrected chi connectivity index (χ4v) is 3.87. The highest BCUT2D eigenvalue weighted by Crippen LogP contribution is 2.41. The van der Waals surface area contributed by atoms with Crippen LogP contribution in [-0.4, -0.2) is 18.0 Å². The Morgan fingerprint density at radius 3 is 2.57 bits per heavy atom. The van der Waals surface area contributed by atoms with E-state index in [1.807, 2.05) is 0 Å². The molecule has 4 heteroatoms. The lowest BCUT2D eigenvalue weighted by molar-refractivity contribution is 0.770. The molecule has 0 saturated heterocycles. The molecule has 108 valence electrons. The number of hydrogen-bond acceptors (Lipinski definition) is 3. The second-order valence-electron chi connectivity index (χ2n) is 5.22. The molecule has 1 atom stereocenters. The van der Waals surface area contributed by atoms with Gasteiger partial charge in [0.15, 0.2) is 5.17 Å². The van der Waals surface area contributed by atoms with Crippen molar-refractivity contribution < 1.29 is 0 Å². The summed E-state index contributed by atoms with van der Waals surface area (Å²) in [7, 11) is 0. The van der Waals surface area contributed by atoms with Crippen molar-refractivity contribution in [2.45, 2.75) is 12.5 Å². The van der Waals surface area contributed by atoms with Gasteiger partial charge in [0.2, 0.25) is 0 Å². The number of para-hydroxylation sites is 1. The minimum Gasteiger partial charge on any atom is -0.312 e. The van der Waals surface area contributed by atoms with E-state index >= 15 is 0 Å². The van der Waals surface area contributed by atoms with Gasteiger partial charge in [0.25, 0.3) is 0 Å². The van der Waals surface area contributed by atoms with E-state index in [2.05, 4.69) is 59.7 Å². The van der Waals surface area contributed by atoms with Crippen molar-refractivity contribution in [2.24, 2.45) is 4.99 Å². The van der Waals surface area contributed by atoms with Gasteiger partial charge in [-0.15, -0.1) is 24.0 Å². The number of hydrogen-bond donors (Lipinski definition) is 0. The molecule has 0 spiro atoms. The highest BCUT2D eigenvalue weighted by atomic mass is 127. The third-order valence-electron chi connectivity index (χ3n) is 4.15. The lowest BCUT2D eigenvalue weighted by Gasteiger charge is -2.27. The Balaban J connectivity index is 0.00000132. The summed E-state index contributed by atoms with van der Waals surface area (Å²) in [6, 6.07) is 17.9. The van der Waals surface area contributed by atoms with Gasteiger partial charge in [-0.1, -0.05) is 54.2 Å². The Hall–Kier alpha value is -1.01. The molecular formula is C17H17IN2S. The molecular weight excluding hydrogens is 391 g/mol. The average Bonchev–Trinajstić information content (AvgIpc) is 2.86. The summed E-state index contributed by atoms with van der Waals surface area (Å²) < 4.78 is 0. The predicted octanol–water partition coefficient (Wildman–Crippen LogP) is 4.49. The van der Waals surface area contributed by atoms with E-state index < -0.39 is 0 Å². The zero-order valence-electron chi connectivity index (χ0n) is 11.8. The number of nitrogens with zero attached hydrogens (tertiary/aromatic N) is 2. The van der Waals surface area contributed by atoms with Crippen molar-refractivity contribution in [3.05, 3.63) is 65.2 Å². The van der Waals surface area contributed by atoms with Crippen LogP contribution in [0.15, 0.2) is 53.5 Å². The van der Waals surface area contributed by atoms with Crippen LogP contribution < -0.4 is 4.90 Å². The Morgan fingerprint density at radius 1 is 1.05 bits per heavy atom. The Bertz CT molecular complexity index is 699.